The summed E-state index contributed by atoms with van der Waals surface area (Å²) in [6, 6.07) is 0.296. The van der Waals surface area contributed by atoms with E-state index >= 15 is 0 Å². The summed E-state index contributed by atoms with van der Waals surface area (Å²) < 4.78 is 0. The first-order valence-electron chi connectivity index (χ1n) is 7.68. The van der Waals surface area contributed by atoms with Gasteiger partial charge in [-0.25, -0.2) is 0 Å². The zero-order chi connectivity index (χ0) is 13.7. The van der Waals surface area contributed by atoms with E-state index in [0.717, 1.165) is 58.7 Å². The second kappa shape index (κ2) is 7.22. The number of carbonyl (C=O) groups is 1. The van der Waals surface area contributed by atoms with Crippen molar-refractivity contribution in [3.8, 4) is 0 Å². The highest BCUT2D eigenvalue weighted by atomic mass is 16.2. The molecule has 2 aliphatic heterocycles. The van der Waals surface area contributed by atoms with E-state index in [0.29, 0.717) is 24.9 Å². The van der Waals surface area contributed by atoms with Crippen molar-refractivity contribution in [2.24, 2.45) is 5.73 Å². The Balaban J connectivity index is 1.69. The van der Waals surface area contributed by atoms with Gasteiger partial charge in [-0.2, -0.15) is 0 Å². The minimum absolute atomic E-state index is 0.296. The van der Waals surface area contributed by atoms with E-state index in [1.807, 2.05) is 4.90 Å². The topological polar surface area (TPSA) is 52.8 Å². The van der Waals surface area contributed by atoms with Crippen LogP contribution in [0.1, 0.15) is 26.2 Å². The van der Waals surface area contributed by atoms with Crippen molar-refractivity contribution < 1.29 is 4.79 Å². The SMILES string of the molecule is CCN1CCN(CCC(=O)N2CCCC2CN)CC1. The number of nitrogens with zero attached hydrogens (tertiary/aromatic N) is 3. The molecule has 0 aliphatic carbocycles. The van der Waals surface area contributed by atoms with Gasteiger partial charge in [-0.15, -0.1) is 0 Å². The predicted molar refractivity (Wildman–Crippen MR) is 77.0 cm³/mol. The summed E-state index contributed by atoms with van der Waals surface area (Å²) in [6.07, 6.45) is 2.85. The fourth-order valence-electron chi connectivity index (χ4n) is 3.14. The maximum absolute atomic E-state index is 12.2. The predicted octanol–water partition coefficient (Wildman–Crippen LogP) is -0.0363. The maximum atomic E-state index is 12.2. The largest absolute Gasteiger partial charge is 0.338 e. The number of nitrogens with two attached hydrogens (primary N) is 1. The number of likely N-dealkylation sites (tertiary alicyclic amines) is 1. The van der Waals surface area contributed by atoms with Crippen molar-refractivity contribution in [2.75, 3.05) is 52.4 Å². The third kappa shape index (κ3) is 3.91. The molecule has 2 aliphatic rings. The van der Waals surface area contributed by atoms with Gasteiger partial charge in [-0.1, -0.05) is 6.92 Å². The van der Waals surface area contributed by atoms with Crippen molar-refractivity contribution in [1.82, 2.24) is 14.7 Å². The molecule has 110 valence electrons. The fraction of sp³-hybridized carbons (Fsp3) is 0.929. The van der Waals surface area contributed by atoms with Gasteiger partial charge in [-0.05, 0) is 19.4 Å². The van der Waals surface area contributed by atoms with Crippen LogP contribution in [0.5, 0.6) is 0 Å². The summed E-state index contributed by atoms with van der Waals surface area (Å²) >= 11 is 0. The molecule has 0 spiro atoms. The van der Waals surface area contributed by atoms with Gasteiger partial charge in [-0.3, -0.25) is 4.79 Å². The number of likely N-dealkylation sites (N-methyl/N-ethyl adjacent to an activating group) is 1. The van der Waals surface area contributed by atoms with Crippen LogP contribution in [-0.2, 0) is 4.79 Å². The van der Waals surface area contributed by atoms with Crippen molar-refractivity contribution in [2.45, 2.75) is 32.2 Å². The zero-order valence-corrected chi connectivity index (χ0v) is 12.2. The van der Waals surface area contributed by atoms with E-state index in [-0.39, 0.29) is 0 Å². The Morgan fingerprint density at radius 2 is 1.84 bits per heavy atom. The summed E-state index contributed by atoms with van der Waals surface area (Å²) in [6.45, 7) is 10.2. The van der Waals surface area contributed by atoms with Gasteiger partial charge in [0.25, 0.3) is 0 Å². The number of amides is 1. The molecule has 1 atom stereocenters. The lowest BCUT2D eigenvalue weighted by molar-refractivity contribution is -0.132. The van der Waals surface area contributed by atoms with E-state index in [4.69, 9.17) is 5.73 Å². The van der Waals surface area contributed by atoms with Crippen molar-refractivity contribution >= 4 is 5.91 Å². The van der Waals surface area contributed by atoms with Crippen LogP contribution in [0.3, 0.4) is 0 Å². The number of hydrogen-bond donors (Lipinski definition) is 1. The van der Waals surface area contributed by atoms with Gasteiger partial charge in [0.1, 0.15) is 0 Å². The van der Waals surface area contributed by atoms with E-state index in [2.05, 4.69) is 16.7 Å². The highest BCUT2D eigenvalue weighted by Crippen LogP contribution is 2.17. The number of carbonyl (C=O) groups excluding carboxylic acids is 1. The number of piperazine rings is 1. The monoisotopic (exact) mass is 268 g/mol. The highest BCUT2D eigenvalue weighted by molar-refractivity contribution is 5.77. The summed E-state index contributed by atoms with van der Waals surface area (Å²) in [5.41, 5.74) is 5.72. The molecule has 0 radical (unpaired) electrons. The zero-order valence-electron chi connectivity index (χ0n) is 12.2. The smallest absolute Gasteiger partial charge is 0.224 e. The number of hydrogen-bond acceptors (Lipinski definition) is 4. The van der Waals surface area contributed by atoms with Crippen LogP contribution < -0.4 is 5.73 Å². The lowest BCUT2D eigenvalue weighted by atomic mass is 10.2. The molecule has 19 heavy (non-hydrogen) atoms. The molecule has 1 amide bonds. The van der Waals surface area contributed by atoms with Crippen LogP contribution >= 0.6 is 0 Å². The maximum Gasteiger partial charge on any atom is 0.224 e. The molecule has 0 bridgehead atoms. The molecule has 0 saturated carbocycles. The Bertz CT molecular complexity index is 289. The Hall–Kier alpha value is -0.650. The second-order valence-electron chi connectivity index (χ2n) is 5.64. The molecule has 2 saturated heterocycles. The summed E-state index contributed by atoms with van der Waals surface area (Å²) in [5, 5.41) is 0. The van der Waals surface area contributed by atoms with E-state index in [1.54, 1.807) is 0 Å². The van der Waals surface area contributed by atoms with Crippen molar-refractivity contribution in [3.63, 3.8) is 0 Å². The first-order chi connectivity index (χ1) is 9.24. The van der Waals surface area contributed by atoms with Crippen LogP contribution in [0.2, 0.25) is 0 Å². The molecule has 5 nitrogen and oxygen atoms in total. The lowest BCUT2D eigenvalue weighted by Gasteiger charge is -2.34. The fourth-order valence-corrected chi connectivity index (χ4v) is 3.14. The quantitative estimate of drug-likeness (QED) is 0.760. The lowest BCUT2D eigenvalue weighted by Crippen LogP contribution is -2.47. The Morgan fingerprint density at radius 3 is 2.47 bits per heavy atom. The van der Waals surface area contributed by atoms with E-state index < -0.39 is 0 Å². The van der Waals surface area contributed by atoms with Gasteiger partial charge >= 0.3 is 0 Å². The molecular formula is C14H28N4O. The Kier molecular flexibility index (Phi) is 5.60. The van der Waals surface area contributed by atoms with Gasteiger partial charge in [0, 0.05) is 58.3 Å². The van der Waals surface area contributed by atoms with Gasteiger partial charge in [0.05, 0.1) is 0 Å². The second-order valence-corrected chi connectivity index (χ2v) is 5.64. The molecular weight excluding hydrogens is 240 g/mol. The van der Waals surface area contributed by atoms with Crippen LogP contribution in [0.15, 0.2) is 0 Å². The third-order valence-electron chi connectivity index (χ3n) is 4.52. The molecule has 5 heteroatoms. The van der Waals surface area contributed by atoms with Crippen LogP contribution in [-0.4, -0.2) is 79.0 Å². The summed E-state index contributed by atoms with van der Waals surface area (Å²) in [4.78, 5) is 19.1. The van der Waals surface area contributed by atoms with Gasteiger partial charge in [0.2, 0.25) is 5.91 Å². The standard InChI is InChI=1S/C14H28N4O/c1-2-16-8-10-17(11-9-16)7-5-14(19)18-6-3-4-13(18)12-15/h13H,2-12,15H2,1H3. The normalized spacial score (nSPS) is 26.0. The average molecular weight is 268 g/mol. The van der Waals surface area contributed by atoms with Gasteiger partial charge in [0.15, 0.2) is 0 Å². The summed E-state index contributed by atoms with van der Waals surface area (Å²) in [5.74, 6) is 0.297. The molecule has 2 fully saturated rings. The summed E-state index contributed by atoms with van der Waals surface area (Å²) in [7, 11) is 0. The molecule has 2 heterocycles. The average Bonchev–Trinajstić information content (AvgIpc) is 2.93. The van der Waals surface area contributed by atoms with Crippen LogP contribution in [0, 0.1) is 0 Å². The molecule has 0 aromatic rings. The van der Waals surface area contributed by atoms with Crippen molar-refractivity contribution in [3.05, 3.63) is 0 Å². The first-order valence-corrected chi connectivity index (χ1v) is 7.68. The van der Waals surface area contributed by atoms with Crippen LogP contribution in [0.25, 0.3) is 0 Å². The number of rotatable bonds is 5. The molecule has 0 aromatic carbocycles. The molecule has 2 N–H and O–H groups in total. The minimum atomic E-state index is 0.296. The Labute approximate surface area is 116 Å². The first kappa shape index (κ1) is 14.8. The van der Waals surface area contributed by atoms with Crippen molar-refractivity contribution in [1.29, 1.82) is 0 Å². The van der Waals surface area contributed by atoms with E-state index in [1.165, 1.54) is 0 Å². The molecule has 1 unspecified atom stereocenters. The van der Waals surface area contributed by atoms with Crippen LogP contribution in [0.4, 0.5) is 0 Å². The Morgan fingerprint density at radius 1 is 1.16 bits per heavy atom. The van der Waals surface area contributed by atoms with Gasteiger partial charge < -0.3 is 20.4 Å². The van der Waals surface area contributed by atoms with E-state index in [9.17, 15) is 4.79 Å². The highest BCUT2D eigenvalue weighted by Gasteiger charge is 2.27. The minimum Gasteiger partial charge on any atom is -0.338 e. The molecule has 0 aromatic heterocycles. The third-order valence-corrected chi connectivity index (χ3v) is 4.52. The molecule has 2 rings (SSSR count).